The van der Waals surface area contributed by atoms with Crippen molar-refractivity contribution in [2.75, 3.05) is 5.32 Å². The highest BCUT2D eigenvalue weighted by molar-refractivity contribution is 5.78. The van der Waals surface area contributed by atoms with Crippen LogP contribution >= 0.6 is 0 Å². The third-order valence-electron chi connectivity index (χ3n) is 4.06. The minimum absolute atomic E-state index is 0.0658. The standard InChI is InChI=1S/C16H21N3O/c20-15-13-10-6-7-11-14(13)18-16(19-15)17-12-8-4-2-1-3-5-9-12/h6-7,10-12H,1-5,8-9H2,(H2,17,18,19,20). The Morgan fingerprint density at radius 3 is 2.55 bits per heavy atom. The summed E-state index contributed by atoms with van der Waals surface area (Å²) in [6.07, 6.45) is 8.84. The maximum Gasteiger partial charge on any atom is 0.260 e. The second-order valence-corrected chi connectivity index (χ2v) is 5.62. The first-order valence-corrected chi connectivity index (χ1v) is 7.58. The average molecular weight is 271 g/mol. The van der Waals surface area contributed by atoms with E-state index < -0.39 is 0 Å². The summed E-state index contributed by atoms with van der Waals surface area (Å²) in [6, 6.07) is 7.89. The molecule has 0 atom stereocenters. The third-order valence-corrected chi connectivity index (χ3v) is 4.06. The Balaban J connectivity index is 1.81. The maximum atomic E-state index is 12.0. The van der Waals surface area contributed by atoms with Gasteiger partial charge in [0.15, 0.2) is 0 Å². The topological polar surface area (TPSA) is 57.8 Å². The zero-order valence-corrected chi connectivity index (χ0v) is 11.7. The zero-order chi connectivity index (χ0) is 13.8. The van der Waals surface area contributed by atoms with Crippen LogP contribution in [0.4, 0.5) is 5.95 Å². The summed E-state index contributed by atoms with van der Waals surface area (Å²) in [5, 5.41) is 4.06. The lowest BCUT2D eigenvalue weighted by molar-refractivity contribution is 0.470. The molecule has 2 aromatic rings. The van der Waals surface area contributed by atoms with E-state index in [2.05, 4.69) is 15.3 Å². The van der Waals surface area contributed by atoms with Crippen LogP contribution in [0.25, 0.3) is 10.9 Å². The molecule has 0 aliphatic heterocycles. The molecule has 1 fully saturated rings. The molecular formula is C16H21N3O. The van der Waals surface area contributed by atoms with Gasteiger partial charge in [0, 0.05) is 6.04 Å². The van der Waals surface area contributed by atoms with Crippen molar-refractivity contribution in [1.82, 2.24) is 9.97 Å². The first-order valence-electron chi connectivity index (χ1n) is 7.58. The summed E-state index contributed by atoms with van der Waals surface area (Å²) < 4.78 is 0. The minimum atomic E-state index is -0.0658. The number of nitrogens with zero attached hydrogens (tertiary/aromatic N) is 1. The van der Waals surface area contributed by atoms with Crippen molar-refractivity contribution in [3.63, 3.8) is 0 Å². The van der Waals surface area contributed by atoms with Gasteiger partial charge in [0.25, 0.3) is 5.56 Å². The minimum Gasteiger partial charge on any atom is -0.353 e. The quantitative estimate of drug-likeness (QED) is 0.879. The molecule has 0 radical (unpaired) electrons. The van der Waals surface area contributed by atoms with E-state index in [9.17, 15) is 4.79 Å². The fourth-order valence-electron chi connectivity index (χ4n) is 2.95. The largest absolute Gasteiger partial charge is 0.353 e. The van der Waals surface area contributed by atoms with Gasteiger partial charge in [-0.2, -0.15) is 0 Å². The monoisotopic (exact) mass is 271 g/mol. The first-order chi connectivity index (χ1) is 9.83. The van der Waals surface area contributed by atoms with Gasteiger partial charge in [-0.1, -0.05) is 44.2 Å². The van der Waals surface area contributed by atoms with Crippen LogP contribution in [0.1, 0.15) is 44.9 Å². The van der Waals surface area contributed by atoms with Gasteiger partial charge in [0.05, 0.1) is 10.9 Å². The first kappa shape index (κ1) is 13.2. The number of rotatable bonds is 2. The Kier molecular flexibility index (Phi) is 4.00. The van der Waals surface area contributed by atoms with Gasteiger partial charge < -0.3 is 5.32 Å². The molecule has 2 N–H and O–H groups in total. The molecule has 1 aromatic carbocycles. The van der Waals surface area contributed by atoms with Crippen LogP contribution in [0.3, 0.4) is 0 Å². The second-order valence-electron chi connectivity index (χ2n) is 5.62. The van der Waals surface area contributed by atoms with E-state index in [-0.39, 0.29) is 5.56 Å². The molecule has 1 aliphatic rings. The van der Waals surface area contributed by atoms with Gasteiger partial charge in [-0.25, -0.2) is 4.98 Å². The molecule has 0 spiro atoms. The van der Waals surface area contributed by atoms with Crippen LogP contribution in [0.15, 0.2) is 29.1 Å². The molecule has 4 heteroatoms. The summed E-state index contributed by atoms with van der Waals surface area (Å²) >= 11 is 0. The summed E-state index contributed by atoms with van der Waals surface area (Å²) in [6.45, 7) is 0. The number of nitrogens with one attached hydrogen (secondary N) is 2. The van der Waals surface area contributed by atoms with Gasteiger partial charge in [-0.15, -0.1) is 0 Å². The number of para-hydroxylation sites is 1. The average Bonchev–Trinajstić information content (AvgIpc) is 2.42. The number of aromatic nitrogens is 2. The van der Waals surface area contributed by atoms with Crippen LogP contribution < -0.4 is 10.9 Å². The van der Waals surface area contributed by atoms with E-state index in [4.69, 9.17) is 0 Å². The van der Waals surface area contributed by atoms with E-state index in [1.165, 1.54) is 32.1 Å². The lowest BCUT2D eigenvalue weighted by Crippen LogP contribution is -2.24. The molecule has 0 bridgehead atoms. The van der Waals surface area contributed by atoms with Crippen molar-refractivity contribution in [2.24, 2.45) is 0 Å². The number of fused-ring (bicyclic) bond motifs is 1. The number of aromatic amines is 1. The Bertz CT molecular complexity index is 627. The van der Waals surface area contributed by atoms with Crippen molar-refractivity contribution in [1.29, 1.82) is 0 Å². The Labute approximate surface area is 118 Å². The normalized spacial score (nSPS) is 17.6. The Morgan fingerprint density at radius 1 is 1.05 bits per heavy atom. The maximum absolute atomic E-state index is 12.0. The lowest BCUT2D eigenvalue weighted by Gasteiger charge is -2.21. The van der Waals surface area contributed by atoms with E-state index in [0.29, 0.717) is 17.4 Å². The van der Waals surface area contributed by atoms with Crippen molar-refractivity contribution < 1.29 is 0 Å². The summed E-state index contributed by atoms with van der Waals surface area (Å²) in [5.41, 5.74) is 0.688. The van der Waals surface area contributed by atoms with E-state index in [1.807, 2.05) is 18.2 Å². The lowest BCUT2D eigenvalue weighted by atomic mass is 9.97. The molecule has 0 amide bonds. The Hall–Kier alpha value is -1.84. The fraction of sp³-hybridized carbons (Fsp3) is 0.500. The highest BCUT2D eigenvalue weighted by Gasteiger charge is 2.12. The molecule has 1 heterocycles. The predicted molar refractivity (Wildman–Crippen MR) is 82.1 cm³/mol. The highest BCUT2D eigenvalue weighted by Crippen LogP contribution is 2.19. The smallest absolute Gasteiger partial charge is 0.260 e. The molecule has 4 nitrogen and oxygen atoms in total. The number of hydrogen-bond donors (Lipinski definition) is 2. The van der Waals surface area contributed by atoms with Crippen molar-refractivity contribution in [3.8, 4) is 0 Å². The predicted octanol–water partition coefficient (Wildman–Crippen LogP) is 3.45. The zero-order valence-electron chi connectivity index (χ0n) is 11.7. The van der Waals surface area contributed by atoms with Crippen molar-refractivity contribution in [2.45, 2.75) is 51.0 Å². The molecule has 0 saturated heterocycles. The fourth-order valence-corrected chi connectivity index (χ4v) is 2.95. The van der Waals surface area contributed by atoms with E-state index in [1.54, 1.807) is 6.07 Å². The van der Waals surface area contributed by atoms with Gasteiger partial charge in [0.2, 0.25) is 5.95 Å². The number of anilines is 1. The van der Waals surface area contributed by atoms with Crippen molar-refractivity contribution >= 4 is 16.9 Å². The second kappa shape index (κ2) is 6.07. The molecule has 3 rings (SSSR count). The van der Waals surface area contributed by atoms with Crippen LogP contribution in [-0.4, -0.2) is 16.0 Å². The molecule has 1 saturated carbocycles. The SMILES string of the molecule is O=c1[nH]c(NC2CCCCCCC2)nc2ccccc12. The number of hydrogen-bond acceptors (Lipinski definition) is 3. The summed E-state index contributed by atoms with van der Waals surface area (Å²) in [5.74, 6) is 0.610. The molecular weight excluding hydrogens is 250 g/mol. The van der Waals surface area contributed by atoms with Gasteiger partial charge in [0.1, 0.15) is 0 Å². The highest BCUT2D eigenvalue weighted by atomic mass is 16.1. The van der Waals surface area contributed by atoms with Crippen LogP contribution in [-0.2, 0) is 0 Å². The molecule has 0 unspecified atom stereocenters. The van der Waals surface area contributed by atoms with Crippen LogP contribution in [0, 0.1) is 0 Å². The summed E-state index contributed by atoms with van der Waals surface area (Å²) in [4.78, 5) is 19.4. The van der Waals surface area contributed by atoms with Crippen molar-refractivity contribution in [3.05, 3.63) is 34.6 Å². The van der Waals surface area contributed by atoms with Crippen LogP contribution in [0.5, 0.6) is 0 Å². The van der Waals surface area contributed by atoms with Crippen LogP contribution in [0.2, 0.25) is 0 Å². The number of H-pyrrole nitrogens is 1. The van der Waals surface area contributed by atoms with Gasteiger partial charge >= 0.3 is 0 Å². The number of benzene rings is 1. The van der Waals surface area contributed by atoms with E-state index >= 15 is 0 Å². The van der Waals surface area contributed by atoms with E-state index in [0.717, 1.165) is 18.4 Å². The molecule has 20 heavy (non-hydrogen) atoms. The van der Waals surface area contributed by atoms with Gasteiger partial charge in [-0.3, -0.25) is 9.78 Å². The molecule has 1 aliphatic carbocycles. The molecule has 106 valence electrons. The Morgan fingerprint density at radius 2 is 1.75 bits per heavy atom. The van der Waals surface area contributed by atoms with Gasteiger partial charge in [-0.05, 0) is 25.0 Å². The molecule has 1 aromatic heterocycles. The summed E-state index contributed by atoms with van der Waals surface area (Å²) in [7, 11) is 0. The third kappa shape index (κ3) is 3.00.